The molecule has 1 aromatic heterocycles. The fourth-order valence-electron chi connectivity index (χ4n) is 2.04. The van der Waals surface area contributed by atoms with Crippen molar-refractivity contribution >= 4 is 23.5 Å². The highest BCUT2D eigenvalue weighted by Crippen LogP contribution is 2.14. The zero-order valence-corrected chi connectivity index (χ0v) is 15.3. The molecule has 0 amide bonds. The molecule has 0 aliphatic carbocycles. The molecule has 0 bridgehead atoms. The van der Waals surface area contributed by atoms with E-state index in [0.29, 0.717) is 6.42 Å². The summed E-state index contributed by atoms with van der Waals surface area (Å²) in [4.78, 5) is 37.6. The number of hydrogen-bond donors (Lipinski definition) is 1. The van der Waals surface area contributed by atoms with Crippen molar-refractivity contribution in [3.63, 3.8) is 0 Å². The lowest BCUT2D eigenvalue weighted by Crippen LogP contribution is -2.18. The first-order chi connectivity index (χ1) is 12.5. The maximum atomic E-state index is 12.1. The second-order valence-corrected chi connectivity index (χ2v) is 6.20. The number of methoxy groups -OCH3 is 1. The third kappa shape index (κ3) is 5.99. The number of carbonyl (C=O) groups is 2. The Hall–Kier alpha value is -2.68. The van der Waals surface area contributed by atoms with Crippen molar-refractivity contribution in [2.24, 2.45) is 0 Å². The van der Waals surface area contributed by atoms with Crippen molar-refractivity contribution in [1.82, 2.24) is 15.2 Å². The quantitative estimate of drug-likeness (QED) is 0.396. The van der Waals surface area contributed by atoms with E-state index in [-0.39, 0.29) is 41.0 Å². The van der Waals surface area contributed by atoms with Gasteiger partial charge in [0.2, 0.25) is 0 Å². The number of carbonyl (C=O) groups excluding carboxylic acids is 2. The molecule has 0 atom stereocenters. The minimum absolute atomic E-state index is 0.00125. The van der Waals surface area contributed by atoms with Gasteiger partial charge in [-0.1, -0.05) is 23.9 Å². The van der Waals surface area contributed by atoms with Gasteiger partial charge in [0.1, 0.15) is 17.9 Å². The summed E-state index contributed by atoms with van der Waals surface area (Å²) < 4.78 is 9.80. The lowest BCUT2D eigenvalue weighted by atomic mass is 10.1. The number of Topliss-reactive ketones (excluding diaryl/α,β-unsaturated/α-hetero) is 1. The number of aromatic amines is 1. The van der Waals surface area contributed by atoms with Gasteiger partial charge in [0, 0.05) is 6.42 Å². The van der Waals surface area contributed by atoms with Crippen LogP contribution in [-0.4, -0.2) is 46.4 Å². The molecule has 1 N–H and O–H groups in total. The van der Waals surface area contributed by atoms with Crippen molar-refractivity contribution < 1.29 is 19.1 Å². The van der Waals surface area contributed by atoms with Gasteiger partial charge in [-0.3, -0.25) is 19.4 Å². The van der Waals surface area contributed by atoms with Crippen molar-refractivity contribution in [1.29, 1.82) is 0 Å². The number of thioether (sulfide) groups is 1. The fourth-order valence-corrected chi connectivity index (χ4v) is 2.70. The molecule has 138 valence electrons. The third-order valence-electron chi connectivity index (χ3n) is 3.29. The second-order valence-electron chi connectivity index (χ2n) is 5.24. The number of benzene rings is 1. The predicted octanol–water partition coefficient (Wildman–Crippen LogP) is 1.38. The highest BCUT2D eigenvalue weighted by atomic mass is 32.2. The van der Waals surface area contributed by atoms with E-state index in [9.17, 15) is 14.4 Å². The largest absolute Gasteiger partial charge is 0.497 e. The van der Waals surface area contributed by atoms with E-state index >= 15 is 0 Å². The van der Waals surface area contributed by atoms with Crippen LogP contribution in [0.4, 0.5) is 0 Å². The van der Waals surface area contributed by atoms with Crippen LogP contribution in [0.3, 0.4) is 0 Å². The van der Waals surface area contributed by atoms with Crippen LogP contribution in [0, 0.1) is 0 Å². The number of ether oxygens (including phenoxy) is 2. The maximum Gasteiger partial charge on any atom is 0.313 e. The lowest BCUT2D eigenvalue weighted by Gasteiger charge is -2.04. The Bertz CT molecular complexity index is 820. The van der Waals surface area contributed by atoms with E-state index in [0.717, 1.165) is 23.1 Å². The van der Waals surface area contributed by atoms with Crippen LogP contribution in [0.5, 0.6) is 5.75 Å². The Morgan fingerprint density at radius 1 is 1.19 bits per heavy atom. The Morgan fingerprint density at radius 3 is 2.54 bits per heavy atom. The van der Waals surface area contributed by atoms with Gasteiger partial charge in [0.25, 0.3) is 5.56 Å². The molecule has 0 aliphatic rings. The summed E-state index contributed by atoms with van der Waals surface area (Å²) in [6, 6.07) is 7.29. The van der Waals surface area contributed by atoms with E-state index in [1.54, 1.807) is 26.2 Å². The number of hydrogen-bond acceptors (Lipinski definition) is 8. The van der Waals surface area contributed by atoms with Gasteiger partial charge in [-0.15, -0.1) is 10.2 Å². The molecule has 26 heavy (non-hydrogen) atoms. The molecular weight excluding hydrogens is 358 g/mol. The summed E-state index contributed by atoms with van der Waals surface area (Å²) in [6.07, 6.45) is 0.0348. The molecule has 8 nitrogen and oxygen atoms in total. The van der Waals surface area contributed by atoms with Gasteiger partial charge in [-0.2, -0.15) is 0 Å². The Balaban J connectivity index is 1.93. The Kier molecular flexibility index (Phi) is 7.34. The molecule has 0 unspecified atom stereocenters. The summed E-state index contributed by atoms with van der Waals surface area (Å²) in [5.74, 6) is -0.139. The van der Waals surface area contributed by atoms with Crippen molar-refractivity contribution in [3.05, 3.63) is 45.9 Å². The highest BCUT2D eigenvalue weighted by Gasteiger charge is 2.12. The van der Waals surface area contributed by atoms with Crippen LogP contribution in [0.2, 0.25) is 0 Å². The molecule has 2 aromatic rings. The van der Waals surface area contributed by atoms with E-state index in [4.69, 9.17) is 9.47 Å². The normalized spacial score (nSPS) is 10.4. The first-order valence-electron chi connectivity index (χ1n) is 7.90. The number of ketones is 1. The Labute approximate surface area is 154 Å². The summed E-state index contributed by atoms with van der Waals surface area (Å²) >= 11 is 1.02. The van der Waals surface area contributed by atoms with Gasteiger partial charge < -0.3 is 9.47 Å². The zero-order valence-electron chi connectivity index (χ0n) is 14.5. The molecule has 1 aromatic carbocycles. The minimum atomic E-state index is -0.562. The summed E-state index contributed by atoms with van der Waals surface area (Å²) in [5.41, 5.74) is 0.809. The molecule has 0 spiro atoms. The van der Waals surface area contributed by atoms with Crippen LogP contribution in [0.15, 0.2) is 34.2 Å². The van der Waals surface area contributed by atoms with Crippen LogP contribution in [0.25, 0.3) is 0 Å². The van der Waals surface area contributed by atoms with E-state index in [1.807, 2.05) is 12.1 Å². The number of nitrogens with one attached hydrogen (secondary N) is 1. The molecular formula is C17H19N3O5S. The average Bonchev–Trinajstić information content (AvgIpc) is 2.63. The minimum Gasteiger partial charge on any atom is -0.497 e. The van der Waals surface area contributed by atoms with Gasteiger partial charge in [-0.05, 0) is 24.6 Å². The summed E-state index contributed by atoms with van der Waals surface area (Å²) in [6.45, 7) is 1.90. The number of aromatic nitrogens is 3. The molecule has 1 heterocycles. The average molecular weight is 377 g/mol. The molecule has 2 rings (SSSR count). The van der Waals surface area contributed by atoms with Crippen molar-refractivity contribution in [2.75, 3.05) is 19.5 Å². The monoisotopic (exact) mass is 377 g/mol. The van der Waals surface area contributed by atoms with Crippen LogP contribution in [-0.2, 0) is 20.7 Å². The number of esters is 1. The first kappa shape index (κ1) is 19.6. The molecule has 0 radical (unpaired) electrons. The van der Waals surface area contributed by atoms with Crippen LogP contribution >= 0.6 is 11.8 Å². The molecule has 0 saturated heterocycles. The Morgan fingerprint density at radius 2 is 1.92 bits per heavy atom. The van der Waals surface area contributed by atoms with Crippen molar-refractivity contribution in [3.8, 4) is 5.75 Å². The van der Waals surface area contributed by atoms with Gasteiger partial charge in [-0.25, -0.2) is 0 Å². The predicted molar refractivity (Wildman–Crippen MR) is 95.4 cm³/mol. The number of rotatable bonds is 9. The van der Waals surface area contributed by atoms with Crippen LogP contribution < -0.4 is 10.3 Å². The molecule has 0 fully saturated rings. The smallest absolute Gasteiger partial charge is 0.313 e. The highest BCUT2D eigenvalue weighted by molar-refractivity contribution is 7.99. The third-order valence-corrected chi connectivity index (χ3v) is 4.21. The second kappa shape index (κ2) is 9.71. The number of nitrogens with zero attached hydrogens (tertiary/aromatic N) is 2. The van der Waals surface area contributed by atoms with E-state index in [1.165, 1.54) is 0 Å². The molecule has 0 aliphatic heterocycles. The van der Waals surface area contributed by atoms with E-state index in [2.05, 4.69) is 15.2 Å². The number of H-pyrrole nitrogens is 1. The van der Waals surface area contributed by atoms with Gasteiger partial charge in [0.15, 0.2) is 10.9 Å². The van der Waals surface area contributed by atoms with Crippen LogP contribution in [0.1, 0.15) is 24.6 Å². The molecule has 9 heteroatoms. The zero-order chi connectivity index (χ0) is 18.9. The van der Waals surface area contributed by atoms with Gasteiger partial charge >= 0.3 is 5.97 Å². The summed E-state index contributed by atoms with van der Waals surface area (Å²) in [7, 11) is 1.58. The first-order valence-corrected chi connectivity index (χ1v) is 8.89. The maximum absolute atomic E-state index is 12.1. The standard InChI is InChI=1S/C17H19N3O5S/c1-3-25-15(22)9-12(21)10-26-17-18-16(23)14(19-20-17)8-11-4-6-13(24-2)7-5-11/h4-7H,3,8-10H2,1-2H3,(H,18,20,23). The summed E-state index contributed by atoms with van der Waals surface area (Å²) in [5, 5.41) is 8.08. The van der Waals surface area contributed by atoms with Gasteiger partial charge in [0.05, 0.1) is 19.5 Å². The SMILES string of the molecule is CCOC(=O)CC(=O)CSc1nnc(Cc2ccc(OC)cc2)c(=O)[nH]1. The lowest BCUT2D eigenvalue weighted by molar-refractivity contribution is -0.145. The van der Waals surface area contributed by atoms with E-state index < -0.39 is 5.97 Å². The fraction of sp³-hybridized carbons (Fsp3) is 0.353. The van der Waals surface area contributed by atoms with Crippen molar-refractivity contribution in [2.45, 2.75) is 24.9 Å². The topological polar surface area (TPSA) is 111 Å². The molecule has 0 saturated carbocycles.